The van der Waals surface area contributed by atoms with Gasteiger partial charge in [0.2, 0.25) is 0 Å². The van der Waals surface area contributed by atoms with Gasteiger partial charge in [-0.25, -0.2) is 0 Å². The number of rotatable bonds is 3. The summed E-state index contributed by atoms with van der Waals surface area (Å²) < 4.78 is 0. The molecule has 5 rings (SSSR count). The average Bonchev–Trinajstić information content (AvgIpc) is 3.25. The first-order valence-electron chi connectivity index (χ1n) is 10.4. The summed E-state index contributed by atoms with van der Waals surface area (Å²) in [6.45, 7) is 0.769. The number of aliphatic hydroxyl groups is 1. The Kier molecular flexibility index (Phi) is 4.75. The van der Waals surface area contributed by atoms with Crippen LogP contribution in [0.25, 0.3) is 11.1 Å². The summed E-state index contributed by atoms with van der Waals surface area (Å²) in [5.41, 5.74) is 5.21. The summed E-state index contributed by atoms with van der Waals surface area (Å²) in [6.07, 6.45) is 4.20. The normalized spacial score (nSPS) is 22.5. The summed E-state index contributed by atoms with van der Waals surface area (Å²) in [6, 6.07) is 20.3. The van der Waals surface area contributed by atoms with Gasteiger partial charge in [0.25, 0.3) is 5.91 Å². The van der Waals surface area contributed by atoms with Gasteiger partial charge in [0, 0.05) is 43.2 Å². The Labute approximate surface area is 176 Å². The number of fused-ring (bicyclic) bond motifs is 3. The van der Waals surface area contributed by atoms with E-state index in [0.717, 1.165) is 28.8 Å². The van der Waals surface area contributed by atoms with Crippen LogP contribution in [0.5, 0.6) is 0 Å². The van der Waals surface area contributed by atoms with E-state index in [1.54, 1.807) is 24.5 Å². The molecule has 2 aliphatic rings. The molecule has 152 valence electrons. The molecule has 5 heteroatoms. The van der Waals surface area contributed by atoms with Crippen LogP contribution in [0.15, 0.2) is 73.1 Å². The number of nitrogens with zero attached hydrogens (tertiary/aromatic N) is 3. The van der Waals surface area contributed by atoms with Crippen LogP contribution in [0.4, 0.5) is 5.69 Å². The summed E-state index contributed by atoms with van der Waals surface area (Å²) in [7, 11) is 2.05. The van der Waals surface area contributed by atoms with Gasteiger partial charge in [-0.3, -0.25) is 9.78 Å². The highest BCUT2D eigenvalue weighted by atomic mass is 16.3. The van der Waals surface area contributed by atoms with Crippen molar-refractivity contribution in [3.63, 3.8) is 0 Å². The third-order valence-electron chi connectivity index (χ3n) is 6.64. The number of aliphatic hydroxyl groups excluding tert-OH is 1. The molecule has 1 fully saturated rings. The maximum absolute atomic E-state index is 13.4. The fraction of sp³-hybridized carbons (Fsp3) is 0.280. The molecule has 1 N–H and O–H groups in total. The Bertz CT molecular complexity index is 1050. The molecule has 3 aromatic rings. The highest BCUT2D eigenvalue weighted by molar-refractivity contribution is 5.95. The second-order valence-electron chi connectivity index (χ2n) is 8.13. The van der Waals surface area contributed by atoms with Crippen molar-refractivity contribution in [3.05, 3.63) is 84.2 Å². The molecule has 5 nitrogen and oxygen atoms in total. The molecule has 2 aliphatic heterocycles. The van der Waals surface area contributed by atoms with E-state index in [1.165, 1.54) is 0 Å². The fourth-order valence-electron chi connectivity index (χ4n) is 5.15. The largest absolute Gasteiger partial charge is 0.394 e. The standard InChI is InChI=1S/C25H25N3O2/c1-27-22-8-7-19(17-5-3-2-4-6-17)15-21(22)24-20(23(27)16-29)11-14-28(24)25(30)18-9-12-26-13-10-18/h2-10,12-13,15,20,23-24,29H,11,14,16H2,1H3/t20-,23-,24-/m1/s1. The van der Waals surface area contributed by atoms with Crippen molar-refractivity contribution in [1.29, 1.82) is 0 Å². The van der Waals surface area contributed by atoms with Crippen molar-refractivity contribution in [2.24, 2.45) is 5.92 Å². The SMILES string of the molecule is CN1c2ccc(-c3ccccc3)cc2[C@H]2[C@H](CCN2C(=O)c2ccncc2)[C@H]1CO. The molecular weight excluding hydrogens is 374 g/mol. The highest BCUT2D eigenvalue weighted by Crippen LogP contribution is 2.49. The predicted molar refractivity (Wildman–Crippen MR) is 117 cm³/mol. The van der Waals surface area contributed by atoms with Crippen molar-refractivity contribution in [2.45, 2.75) is 18.5 Å². The number of aromatic nitrogens is 1. The van der Waals surface area contributed by atoms with Gasteiger partial charge < -0.3 is 14.9 Å². The van der Waals surface area contributed by atoms with E-state index < -0.39 is 0 Å². The van der Waals surface area contributed by atoms with Gasteiger partial charge in [-0.2, -0.15) is 0 Å². The van der Waals surface area contributed by atoms with E-state index in [4.69, 9.17) is 0 Å². The van der Waals surface area contributed by atoms with Crippen molar-refractivity contribution >= 4 is 11.6 Å². The monoisotopic (exact) mass is 399 g/mol. The molecule has 3 atom stereocenters. The highest BCUT2D eigenvalue weighted by Gasteiger charge is 2.47. The zero-order valence-corrected chi connectivity index (χ0v) is 17.0. The lowest BCUT2D eigenvalue weighted by molar-refractivity contribution is 0.0694. The zero-order chi connectivity index (χ0) is 20.7. The number of amides is 1. The van der Waals surface area contributed by atoms with Gasteiger partial charge in [0.05, 0.1) is 18.7 Å². The third-order valence-corrected chi connectivity index (χ3v) is 6.64. The Morgan fingerprint density at radius 2 is 1.83 bits per heavy atom. The lowest BCUT2D eigenvalue weighted by Gasteiger charge is -2.44. The summed E-state index contributed by atoms with van der Waals surface area (Å²) in [4.78, 5) is 21.6. The maximum atomic E-state index is 13.4. The van der Waals surface area contributed by atoms with Gasteiger partial charge in [-0.05, 0) is 47.4 Å². The fourth-order valence-corrected chi connectivity index (χ4v) is 5.15. The maximum Gasteiger partial charge on any atom is 0.254 e. The molecule has 0 bridgehead atoms. The van der Waals surface area contributed by atoms with Gasteiger partial charge in [-0.15, -0.1) is 0 Å². The number of benzene rings is 2. The zero-order valence-electron chi connectivity index (χ0n) is 17.0. The number of hydrogen-bond donors (Lipinski definition) is 1. The molecular formula is C25H25N3O2. The van der Waals surface area contributed by atoms with Crippen LogP contribution >= 0.6 is 0 Å². The number of likely N-dealkylation sites (N-methyl/N-ethyl adjacent to an activating group) is 1. The van der Waals surface area contributed by atoms with Crippen LogP contribution in [0.1, 0.15) is 28.4 Å². The molecule has 1 amide bonds. The van der Waals surface area contributed by atoms with Crippen LogP contribution in [0.3, 0.4) is 0 Å². The lowest BCUT2D eigenvalue weighted by Crippen LogP contribution is -2.48. The number of hydrogen-bond acceptors (Lipinski definition) is 4. The number of anilines is 1. The molecule has 3 heterocycles. The molecule has 0 saturated carbocycles. The molecule has 0 unspecified atom stereocenters. The van der Waals surface area contributed by atoms with E-state index in [0.29, 0.717) is 12.1 Å². The van der Waals surface area contributed by atoms with Crippen LogP contribution in [0.2, 0.25) is 0 Å². The summed E-state index contributed by atoms with van der Waals surface area (Å²) >= 11 is 0. The number of likely N-dealkylation sites (tertiary alicyclic amines) is 1. The first kappa shape index (κ1) is 18.8. The molecule has 30 heavy (non-hydrogen) atoms. The van der Waals surface area contributed by atoms with Crippen molar-refractivity contribution in [1.82, 2.24) is 9.88 Å². The Morgan fingerprint density at radius 1 is 1.07 bits per heavy atom. The molecule has 1 aromatic heterocycles. The molecule has 2 aromatic carbocycles. The van der Waals surface area contributed by atoms with Crippen molar-refractivity contribution in [3.8, 4) is 11.1 Å². The third kappa shape index (κ3) is 2.97. The summed E-state index contributed by atoms with van der Waals surface area (Å²) in [5.74, 6) is 0.228. The van der Waals surface area contributed by atoms with E-state index in [9.17, 15) is 9.90 Å². The predicted octanol–water partition coefficient (Wildman–Crippen LogP) is 3.76. The minimum atomic E-state index is -0.0438. The second-order valence-corrected chi connectivity index (χ2v) is 8.13. The molecule has 1 saturated heterocycles. The minimum Gasteiger partial charge on any atom is -0.394 e. The minimum absolute atomic E-state index is 0.000292. The molecule has 0 radical (unpaired) electrons. The summed E-state index contributed by atoms with van der Waals surface area (Å²) in [5, 5.41) is 10.2. The number of carbonyl (C=O) groups is 1. The van der Waals surface area contributed by atoms with Gasteiger partial charge in [-0.1, -0.05) is 36.4 Å². The molecule has 0 aliphatic carbocycles. The van der Waals surface area contributed by atoms with Crippen LogP contribution in [-0.4, -0.2) is 47.1 Å². The number of carbonyl (C=O) groups excluding carboxylic acids is 1. The second kappa shape index (κ2) is 7.58. The Balaban J connectivity index is 1.61. The van der Waals surface area contributed by atoms with Crippen molar-refractivity contribution < 1.29 is 9.90 Å². The van der Waals surface area contributed by atoms with Crippen LogP contribution < -0.4 is 4.90 Å². The van der Waals surface area contributed by atoms with Gasteiger partial charge in [0.15, 0.2) is 0 Å². The van der Waals surface area contributed by atoms with E-state index in [1.807, 2.05) is 30.1 Å². The van der Waals surface area contributed by atoms with Crippen molar-refractivity contribution in [2.75, 3.05) is 25.1 Å². The topological polar surface area (TPSA) is 56.7 Å². The van der Waals surface area contributed by atoms with E-state index >= 15 is 0 Å². The number of pyridine rings is 1. The van der Waals surface area contributed by atoms with Gasteiger partial charge in [0.1, 0.15) is 0 Å². The first-order valence-corrected chi connectivity index (χ1v) is 10.4. The first-order chi connectivity index (χ1) is 14.7. The van der Waals surface area contributed by atoms with Gasteiger partial charge >= 0.3 is 0 Å². The Morgan fingerprint density at radius 3 is 2.57 bits per heavy atom. The molecule has 0 spiro atoms. The Hall–Kier alpha value is -3.18. The lowest BCUT2D eigenvalue weighted by atomic mass is 9.81. The average molecular weight is 399 g/mol. The van der Waals surface area contributed by atoms with Crippen LogP contribution in [0, 0.1) is 5.92 Å². The quantitative estimate of drug-likeness (QED) is 0.729. The van der Waals surface area contributed by atoms with E-state index in [-0.39, 0.29) is 30.5 Å². The smallest absolute Gasteiger partial charge is 0.254 e. The van der Waals surface area contributed by atoms with Crippen LogP contribution in [-0.2, 0) is 0 Å². The van der Waals surface area contributed by atoms with E-state index in [2.05, 4.69) is 40.2 Å².